The molecule has 0 saturated carbocycles. The summed E-state index contributed by atoms with van der Waals surface area (Å²) in [6, 6.07) is 6.67. The molecule has 0 aliphatic carbocycles. The van der Waals surface area contributed by atoms with E-state index in [1.54, 1.807) is 24.3 Å². The van der Waals surface area contributed by atoms with E-state index in [4.69, 9.17) is 13.7 Å². The lowest BCUT2D eigenvalue weighted by Crippen LogP contribution is -2.31. The van der Waals surface area contributed by atoms with E-state index < -0.39 is 10.1 Å². The fourth-order valence-corrected chi connectivity index (χ4v) is 3.72. The third kappa shape index (κ3) is 7.05. The van der Waals surface area contributed by atoms with Crippen LogP contribution in [0.15, 0.2) is 29.2 Å². The Hall–Kier alpha value is -0.950. The average Bonchev–Trinajstić information content (AvgIpc) is 2.61. The van der Waals surface area contributed by atoms with Gasteiger partial charge in [0.2, 0.25) is 0 Å². The summed E-state index contributed by atoms with van der Waals surface area (Å²) in [6.45, 7) is 4.78. The minimum atomic E-state index is -3.76. The lowest BCUT2D eigenvalue weighted by atomic mass is 10.1. The van der Waals surface area contributed by atoms with Gasteiger partial charge < -0.3 is 9.47 Å². The van der Waals surface area contributed by atoms with Crippen molar-refractivity contribution in [2.75, 3.05) is 13.2 Å². The second kappa shape index (κ2) is 10.3. The molecule has 25 heavy (non-hydrogen) atoms. The molecule has 0 N–H and O–H groups in total. The molecule has 0 radical (unpaired) electrons. The van der Waals surface area contributed by atoms with Crippen molar-refractivity contribution in [3.8, 4) is 0 Å². The van der Waals surface area contributed by atoms with Gasteiger partial charge in [0, 0.05) is 6.61 Å². The minimum Gasteiger partial charge on any atom is -0.353 e. The van der Waals surface area contributed by atoms with Crippen molar-refractivity contribution in [3.05, 3.63) is 29.8 Å². The summed E-state index contributed by atoms with van der Waals surface area (Å²) in [5.41, 5.74) is 1.01. The van der Waals surface area contributed by atoms with Crippen LogP contribution in [0, 0.1) is 6.92 Å². The van der Waals surface area contributed by atoms with Gasteiger partial charge in [0.25, 0.3) is 10.1 Å². The van der Waals surface area contributed by atoms with Crippen LogP contribution in [0.5, 0.6) is 0 Å². The van der Waals surface area contributed by atoms with Gasteiger partial charge in [-0.3, -0.25) is 4.18 Å². The van der Waals surface area contributed by atoms with E-state index in [9.17, 15) is 8.42 Å². The van der Waals surface area contributed by atoms with Gasteiger partial charge in [-0.25, -0.2) is 0 Å². The summed E-state index contributed by atoms with van der Waals surface area (Å²) in [4.78, 5) is 0.180. The Kier molecular flexibility index (Phi) is 8.36. The van der Waals surface area contributed by atoms with Crippen LogP contribution in [0.3, 0.4) is 0 Å². The van der Waals surface area contributed by atoms with E-state index in [1.165, 1.54) is 0 Å². The third-order valence-corrected chi connectivity index (χ3v) is 5.63. The van der Waals surface area contributed by atoms with Gasteiger partial charge >= 0.3 is 0 Å². The fourth-order valence-electron chi connectivity index (χ4n) is 2.78. The largest absolute Gasteiger partial charge is 0.353 e. The third-order valence-electron chi connectivity index (χ3n) is 4.33. The van der Waals surface area contributed by atoms with Crippen LogP contribution in [0.2, 0.25) is 0 Å². The molecule has 5 nitrogen and oxygen atoms in total. The van der Waals surface area contributed by atoms with Crippen LogP contribution in [0.1, 0.15) is 57.4 Å². The zero-order valence-corrected chi connectivity index (χ0v) is 16.1. The molecule has 1 aliphatic rings. The summed E-state index contributed by atoms with van der Waals surface area (Å²) in [7, 11) is -3.76. The molecule has 1 fully saturated rings. The molecule has 1 aliphatic heterocycles. The number of hydrogen-bond acceptors (Lipinski definition) is 5. The van der Waals surface area contributed by atoms with Crippen molar-refractivity contribution < 1.29 is 22.1 Å². The van der Waals surface area contributed by atoms with Crippen molar-refractivity contribution in [1.82, 2.24) is 0 Å². The molecule has 0 bridgehead atoms. The van der Waals surface area contributed by atoms with Gasteiger partial charge in [-0.05, 0) is 44.7 Å². The molecule has 1 heterocycles. The number of ether oxygens (including phenoxy) is 2. The van der Waals surface area contributed by atoms with Crippen LogP contribution >= 0.6 is 0 Å². The van der Waals surface area contributed by atoms with Gasteiger partial charge in [0.15, 0.2) is 6.29 Å². The van der Waals surface area contributed by atoms with Crippen molar-refractivity contribution >= 4 is 10.1 Å². The lowest BCUT2D eigenvalue weighted by Gasteiger charge is -2.27. The number of aryl methyl sites for hydroxylation is 1. The second-order valence-electron chi connectivity index (χ2n) is 6.60. The maximum Gasteiger partial charge on any atom is 0.297 e. The molecular weight excluding hydrogens is 340 g/mol. The van der Waals surface area contributed by atoms with E-state index in [1.807, 2.05) is 6.92 Å². The normalized spacial score (nSPS) is 19.7. The van der Waals surface area contributed by atoms with E-state index in [0.717, 1.165) is 50.5 Å². The predicted octanol–water partition coefficient (Wildman–Crippen LogP) is 4.19. The van der Waals surface area contributed by atoms with E-state index >= 15 is 0 Å². The van der Waals surface area contributed by atoms with Crippen LogP contribution in [-0.2, 0) is 23.8 Å². The van der Waals surface area contributed by atoms with Crippen LogP contribution in [-0.4, -0.2) is 34.0 Å². The number of rotatable bonds is 10. The van der Waals surface area contributed by atoms with Gasteiger partial charge in [0.1, 0.15) is 0 Å². The first-order valence-corrected chi connectivity index (χ1v) is 10.7. The van der Waals surface area contributed by atoms with Gasteiger partial charge in [-0.1, -0.05) is 43.9 Å². The Balaban J connectivity index is 1.93. The molecule has 2 atom stereocenters. The Morgan fingerprint density at radius 3 is 2.60 bits per heavy atom. The number of unbranched alkanes of at least 4 members (excludes halogenated alkanes) is 2. The average molecular weight is 371 g/mol. The highest BCUT2D eigenvalue weighted by Gasteiger charge is 2.23. The molecule has 6 heteroatoms. The Morgan fingerprint density at radius 2 is 1.96 bits per heavy atom. The molecule has 2 rings (SSSR count). The van der Waals surface area contributed by atoms with E-state index in [0.29, 0.717) is 6.61 Å². The highest BCUT2D eigenvalue weighted by molar-refractivity contribution is 7.86. The van der Waals surface area contributed by atoms with Crippen LogP contribution < -0.4 is 0 Å². The monoisotopic (exact) mass is 370 g/mol. The first-order valence-electron chi connectivity index (χ1n) is 9.24. The van der Waals surface area contributed by atoms with Crippen molar-refractivity contribution in [2.24, 2.45) is 0 Å². The molecule has 1 aromatic rings. The summed E-state index contributed by atoms with van der Waals surface area (Å²) in [6.07, 6.45) is 6.44. The van der Waals surface area contributed by atoms with Crippen molar-refractivity contribution in [2.45, 2.75) is 76.1 Å². The number of hydrogen-bond donors (Lipinski definition) is 0. The molecule has 0 aromatic heterocycles. The molecule has 142 valence electrons. The molecule has 1 unspecified atom stereocenters. The quantitative estimate of drug-likeness (QED) is 0.456. The zero-order valence-electron chi connectivity index (χ0n) is 15.3. The summed E-state index contributed by atoms with van der Waals surface area (Å²) in [5, 5.41) is 0. The molecular formula is C19H30O5S. The number of benzene rings is 1. The Labute approximate surface area is 151 Å². The summed E-state index contributed by atoms with van der Waals surface area (Å²) < 4.78 is 41.6. The second-order valence-corrected chi connectivity index (χ2v) is 8.22. The lowest BCUT2D eigenvalue weighted by molar-refractivity contribution is -0.194. The van der Waals surface area contributed by atoms with Crippen molar-refractivity contribution in [3.63, 3.8) is 0 Å². The minimum absolute atomic E-state index is 0.0276. The maximum absolute atomic E-state index is 12.4. The van der Waals surface area contributed by atoms with Gasteiger partial charge in [0.05, 0.1) is 17.6 Å². The topological polar surface area (TPSA) is 61.8 Å². The maximum atomic E-state index is 12.4. The van der Waals surface area contributed by atoms with Crippen LogP contribution in [0.25, 0.3) is 0 Å². The molecule has 1 saturated heterocycles. The predicted molar refractivity (Wildman–Crippen MR) is 96.9 cm³/mol. The molecule has 0 amide bonds. The fraction of sp³-hybridized carbons (Fsp3) is 0.684. The smallest absolute Gasteiger partial charge is 0.297 e. The highest BCUT2D eigenvalue weighted by atomic mass is 32.2. The molecule has 1 aromatic carbocycles. The first kappa shape index (κ1) is 20.4. The molecule has 0 spiro atoms. The highest BCUT2D eigenvalue weighted by Crippen LogP contribution is 2.20. The summed E-state index contributed by atoms with van der Waals surface area (Å²) in [5.74, 6) is 0. The standard InChI is InChI=1S/C19H30O5S/c1-3-4-5-8-17(24-19-9-6-7-14-22-19)15-23-25(20,21)18-12-10-16(2)11-13-18/h10-13,17,19H,3-9,14-15H2,1-2H3/t17?,19-/m1/s1. The van der Waals surface area contributed by atoms with Gasteiger partial charge in [-0.15, -0.1) is 0 Å². The van der Waals surface area contributed by atoms with E-state index in [-0.39, 0.29) is 23.9 Å². The Morgan fingerprint density at radius 1 is 1.20 bits per heavy atom. The zero-order chi connectivity index (χ0) is 18.1. The summed E-state index contributed by atoms with van der Waals surface area (Å²) >= 11 is 0. The van der Waals surface area contributed by atoms with Crippen LogP contribution in [0.4, 0.5) is 0 Å². The first-order chi connectivity index (χ1) is 12.0. The van der Waals surface area contributed by atoms with Crippen molar-refractivity contribution in [1.29, 1.82) is 0 Å². The van der Waals surface area contributed by atoms with E-state index in [2.05, 4.69) is 6.92 Å². The SMILES string of the molecule is CCCCCC(COS(=O)(=O)c1ccc(C)cc1)O[C@@H]1CCCCO1. The Bertz CT molecular complexity index is 591. The van der Waals surface area contributed by atoms with Gasteiger partial charge in [-0.2, -0.15) is 8.42 Å².